The van der Waals surface area contributed by atoms with Crippen molar-refractivity contribution in [1.29, 1.82) is 0 Å². The first-order valence-corrected chi connectivity index (χ1v) is 5.85. The largest absolute Gasteiger partial charge is 0.481 e. The molecular weight excluding hydrogens is 264 g/mol. The van der Waals surface area contributed by atoms with Crippen LogP contribution in [0.25, 0.3) is 0 Å². The predicted octanol–water partition coefficient (Wildman–Crippen LogP) is 1.22. The lowest BCUT2D eigenvalue weighted by atomic mass is 10.2. The summed E-state index contributed by atoms with van der Waals surface area (Å²) in [6.07, 6.45) is 2.76. The third-order valence-electron chi connectivity index (χ3n) is 2.44. The lowest BCUT2D eigenvalue weighted by Gasteiger charge is -2.29. The van der Waals surface area contributed by atoms with Gasteiger partial charge < -0.3 is 19.5 Å². The number of anilines is 1. The zero-order valence-electron chi connectivity index (χ0n) is 11.3. The van der Waals surface area contributed by atoms with E-state index in [4.69, 9.17) is 14.2 Å². The summed E-state index contributed by atoms with van der Waals surface area (Å²) in [5.74, 6) is -2.31. The molecule has 2 rings (SSSR count). The average Bonchev–Trinajstić information content (AvgIpc) is 2.36. The normalized spacial score (nSPS) is 17.1. The molecule has 0 spiro atoms. The number of aromatic nitrogens is 1. The third kappa shape index (κ3) is 3.05. The number of nitrogens with zero attached hydrogens (tertiary/aromatic N) is 1. The van der Waals surface area contributed by atoms with Gasteiger partial charge in [0.2, 0.25) is 5.88 Å². The van der Waals surface area contributed by atoms with Crippen molar-refractivity contribution in [2.75, 3.05) is 12.4 Å². The molecule has 1 aromatic heterocycles. The minimum Gasteiger partial charge on any atom is -0.481 e. The smallest absolute Gasteiger partial charge is 0.350 e. The number of nitrogens with one attached hydrogen (secondary N) is 1. The van der Waals surface area contributed by atoms with Crippen LogP contribution in [0, 0.1) is 0 Å². The Bertz CT molecular complexity index is 558. The fourth-order valence-corrected chi connectivity index (χ4v) is 1.54. The maximum Gasteiger partial charge on any atom is 0.350 e. The molecule has 0 atom stereocenters. The van der Waals surface area contributed by atoms with Crippen molar-refractivity contribution in [2.45, 2.75) is 19.6 Å². The van der Waals surface area contributed by atoms with Gasteiger partial charge in [0, 0.05) is 38.0 Å². The molecule has 1 aliphatic rings. The molecule has 0 bridgehead atoms. The molecule has 1 N–H and O–H groups in total. The highest BCUT2D eigenvalue weighted by Gasteiger charge is 2.38. The van der Waals surface area contributed by atoms with E-state index in [0.717, 1.165) is 0 Å². The molecule has 0 aliphatic carbocycles. The highest BCUT2D eigenvalue weighted by atomic mass is 16.7. The molecule has 0 radical (unpaired) electrons. The average molecular weight is 278 g/mol. The van der Waals surface area contributed by atoms with Crippen molar-refractivity contribution in [1.82, 2.24) is 4.98 Å². The Morgan fingerprint density at radius 1 is 1.30 bits per heavy atom. The molecule has 0 saturated carbocycles. The van der Waals surface area contributed by atoms with E-state index in [0.29, 0.717) is 11.6 Å². The molecule has 7 nitrogen and oxygen atoms in total. The number of cyclic esters (lactones) is 2. The zero-order chi connectivity index (χ0) is 14.8. The van der Waals surface area contributed by atoms with Crippen LogP contribution in [0.4, 0.5) is 5.69 Å². The van der Waals surface area contributed by atoms with Gasteiger partial charge in [-0.25, -0.2) is 14.6 Å². The molecule has 0 unspecified atom stereocenters. The Kier molecular flexibility index (Phi) is 3.60. The standard InChI is InChI=1S/C13H14N2O5/c1-13(2)19-11(16)9(12(17)20-13)7-15-8-4-5-14-10(6-8)18-3/h4-7H,1-3H3,(H,14,15). The summed E-state index contributed by atoms with van der Waals surface area (Å²) < 4.78 is 14.9. The molecule has 1 saturated heterocycles. The van der Waals surface area contributed by atoms with E-state index >= 15 is 0 Å². The monoisotopic (exact) mass is 278 g/mol. The van der Waals surface area contributed by atoms with Gasteiger partial charge in [-0.15, -0.1) is 0 Å². The highest BCUT2D eigenvalue weighted by molar-refractivity contribution is 6.15. The quantitative estimate of drug-likeness (QED) is 0.505. The molecule has 7 heteroatoms. The number of esters is 2. The van der Waals surface area contributed by atoms with Gasteiger partial charge in [-0.3, -0.25) is 0 Å². The van der Waals surface area contributed by atoms with Crippen LogP contribution in [0.5, 0.6) is 5.88 Å². The fourth-order valence-electron chi connectivity index (χ4n) is 1.54. The SMILES string of the molecule is COc1cc(NC=C2C(=O)OC(C)(C)OC2=O)ccn1. The van der Waals surface area contributed by atoms with Crippen LogP contribution in [-0.2, 0) is 19.1 Å². The minimum atomic E-state index is -1.24. The number of carbonyl (C=O) groups is 2. The Labute approximate surface area is 115 Å². The first-order chi connectivity index (χ1) is 9.41. The third-order valence-corrected chi connectivity index (χ3v) is 2.44. The van der Waals surface area contributed by atoms with Crippen LogP contribution in [0.15, 0.2) is 30.1 Å². The second-order valence-electron chi connectivity index (χ2n) is 4.47. The maximum absolute atomic E-state index is 11.7. The number of hydrogen-bond acceptors (Lipinski definition) is 7. The number of rotatable bonds is 3. The van der Waals surface area contributed by atoms with Gasteiger partial charge in [-0.05, 0) is 6.07 Å². The van der Waals surface area contributed by atoms with E-state index in [-0.39, 0.29) is 5.57 Å². The topological polar surface area (TPSA) is 86.8 Å². The van der Waals surface area contributed by atoms with Crippen LogP contribution >= 0.6 is 0 Å². The number of carbonyl (C=O) groups excluding carboxylic acids is 2. The molecule has 1 aliphatic heterocycles. The second kappa shape index (κ2) is 5.20. The zero-order valence-corrected chi connectivity index (χ0v) is 11.3. The first kappa shape index (κ1) is 13.9. The molecular formula is C13H14N2O5. The van der Waals surface area contributed by atoms with Gasteiger partial charge in [0.05, 0.1) is 7.11 Å². The minimum absolute atomic E-state index is 0.208. The van der Waals surface area contributed by atoms with Crippen molar-refractivity contribution in [3.05, 3.63) is 30.1 Å². The Morgan fingerprint density at radius 2 is 1.95 bits per heavy atom. The van der Waals surface area contributed by atoms with Gasteiger partial charge >= 0.3 is 11.9 Å². The van der Waals surface area contributed by atoms with E-state index in [1.807, 2.05) is 0 Å². The number of ether oxygens (including phenoxy) is 3. The summed E-state index contributed by atoms with van der Waals surface area (Å²) >= 11 is 0. The molecule has 0 aromatic carbocycles. The Balaban J connectivity index is 2.15. The summed E-state index contributed by atoms with van der Waals surface area (Å²) in [7, 11) is 1.49. The summed E-state index contributed by atoms with van der Waals surface area (Å²) in [6.45, 7) is 2.97. The summed E-state index contributed by atoms with van der Waals surface area (Å²) in [5.41, 5.74) is 0.398. The number of methoxy groups -OCH3 is 1. The molecule has 1 aromatic rings. The molecule has 20 heavy (non-hydrogen) atoms. The summed E-state index contributed by atoms with van der Waals surface area (Å²) in [5, 5.41) is 2.79. The lowest BCUT2D eigenvalue weighted by Crippen LogP contribution is -2.42. The summed E-state index contributed by atoms with van der Waals surface area (Å²) in [4.78, 5) is 27.3. The maximum atomic E-state index is 11.7. The number of hydrogen-bond donors (Lipinski definition) is 1. The first-order valence-electron chi connectivity index (χ1n) is 5.85. The molecule has 0 amide bonds. The van der Waals surface area contributed by atoms with Gasteiger partial charge in [0.1, 0.15) is 0 Å². The van der Waals surface area contributed by atoms with Crippen molar-refractivity contribution < 1.29 is 23.8 Å². The van der Waals surface area contributed by atoms with Crippen molar-refractivity contribution in [2.24, 2.45) is 0 Å². The van der Waals surface area contributed by atoms with E-state index < -0.39 is 17.7 Å². The van der Waals surface area contributed by atoms with Gasteiger partial charge in [-0.1, -0.05) is 0 Å². The molecule has 106 valence electrons. The van der Waals surface area contributed by atoms with Gasteiger partial charge in [0.25, 0.3) is 5.79 Å². The van der Waals surface area contributed by atoms with E-state index in [1.165, 1.54) is 33.4 Å². The van der Waals surface area contributed by atoms with Crippen LogP contribution in [-0.4, -0.2) is 29.8 Å². The van der Waals surface area contributed by atoms with E-state index in [2.05, 4.69) is 10.3 Å². The predicted molar refractivity (Wildman–Crippen MR) is 68.8 cm³/mol. The molecule has 1 fully saturated rings. The second-order valence-corrected chi connectivity index (χ2v) is 4.47. The van der Waals surface area contributed by atoms with Crippen molar-refractivity contribution in [3.63, 3.8) is 0 Å². The Hall–Kier alpha value is -2.57. The lowest BCUT2D eigenvalue weighted by molar-refractivity contribution is -0.222. The van der Waals surface area contributed by atoms with Crippen LogP contribution < -0.4 is 10.1 Å². The van der Waals surface area contributed by atoms with E-state index in [9.17, 15) is 9.59 Å². The van der Waals surface area contributed by atoms with Crippen molar-refractivity contribution in [3.8, 4) is 5.88 Å². The fraction of sp³-hybridized carbons (Fsp3) is 0.308. The van der Waals surface area contributed by atoms with E-state index in [1.54, 1.807) is 12.1 Å². The van der Waals surface area contributed by atoms with Gasteiger partial charge in [0.15, 0.2) is 5.57 Å². The van der Waals surface area contributed by atoms with Crippen LogP contribution in [0.3, 0.4) is 0 Å². The van der Waals surface area contributed by atoms with Crippen LogP contribution in [0.1, 0.15) is 13.8 Å². The van der Waals surface area contributed by atoms with Crippen LogP contribution in [0.2, 0.25) is 0 Å². The number of pyridine rings is 1. The molecule has 2 heterocycles. The van der Waals surface area contributed by atoms with Gasteiger partial charge in [-0.2, -0.15) is 0 Å². The van der Waals surface area contributed by atoms with Crippen molar-refractivity contribution >= 4 is 17.6 Å². The highest BCUT2D eigenvalue weighted by Crippen LogP contribution is 2.23. The Morgan fingerprint density at radius 3 is 2.55 bits per heavy atom. The summed E-state index contributed by atoms with van der Waals surface area (Å²) in [6, 6.07) is 3.27.